The molecule has 6 heteroatoms. The Morgan fingerprint density at radius 1 is 1.37 bits per heavy atom. The van der Waals surface area contributed by atoms with Crippen LogP contribution in [-0.4, -0.2) is 31.4 Å². The molecule has 1 aromatic rings. The summed E-state index contributed by atoms with van der Waals surface area (Å²) in [6.07, 6.45) is 1.48. The van der Waals surface area contributed by atoms with E-state index < -0.39 is 10.0 Å². The van der Waals surface area contributed by atoms with Gasteiger partial charge in [0, 0.05) is 23.1 Å². The Morgan fingerprint density at radius 3 is 2.58 bits per heavy atom. The highest BCUT2D eigenvalue weighted by Gasteiger charge is 2.32. The van der Waals surface area contributed by atoms with Crippen LogP contribution in [0.3, 0.4) is 0 Å². The molecule has 0 bridgehead atoms. The van der Waals surface area contributed by atoms with Crippen molar-refractivity contribution < 1.29 is 8.42 Å². The smallest absolute Gasteiger partial charge is 0.218 e. The molecular formula is C13H19BrN2O2S. The maximum Gasteiger partial charge on any atom is 0.218 e. The molecule has 1 aliphatic heterocycles. The van der Waals surface area contributed by atoms with Crippen LogP contribution in [0.15, 0.2) is 28.7 Å². The Hall–Kier alpha value is -0.430. The van der Waals surface area contributed by atoms with Gasteiger partial charge in [-0.15, -0.1) is 0 Å². The summed E-state index contributed by atoms with van der Waals surface area (Å²) in [4.78, 5) is 0. The third-order valence-electron chi connectivity index (χ3n) is 3.48. The minimum absolute atomic E-state index is 0.0100. The summed E-state index contributed by atoms with van der Waals surface area (Å²) in [6, 6.07) is 7.50. The number of sulfonamides is 1. The van der Waals surface area contributed by atoms with Crippen molar-refractivity contribution in [1.82, 2.24) is 4.31 Å². The summed E-state index contributed by atoms with van der Waals surface area (Å²) < 4.78 is 27.4. The molecule has 1 aromatic carbocycles. The minimum atomic E-state index is -3.26. The Morgan fingerprint density at radius 2 is 2.00 bits per heavy atom. The minimum Gasteiger partial charge on any atom is -0.328 e. The molecular weight excluding hydrogens is 328 g/mol. The van der Waals surface area contributed by atoms with Crippen LogP contribution in [0.1, 0.15) is 25.3 Å². The van der Waals surface area contributed by atoms with Gasteiger partial charge in [0.15, 0.2) is 0 Å². The van der Waals surface area contributed by atoms with Crippen molar-refractivity contribution in [3.05, 3.63) is 34.3 Å². The van der Waals surface area contributed by atoms with Crippen molar-refractivity contribution in [2.24, 2.45) is 5.73 Å². The highest BCUT2D eigenvalue weighted by atomic mass is 79.9. The normalized spacial score (nSPS) is 25.4. The quantitative estimate of drug-likeness (QED) is 0.911. The molecule has 0 unspecified atom stereocenters. The third kappa shape index (κ3) is 3.78. The van der Waals surface area contributed by atoms with Crippen molar-refractivity contribution in [3.63, 3.8) is 0 Å². The number of nitrogens with two attached hydrogens (primary N) is 1. The lowest BCUT2D eigenvalue weighted by Crippen LogP contribution is -2.48. The van der Waals surface area contributed by atoms with Crippen molar-refractivity contribution in [2.45, 2.75) is 37.6 Å². The highest BCUT2D eigenvalue weighted by Crippen LogP contribution is 2.22. The lowest BCUT2D eigenvalue weighted by molar-refractivity contribution is 0.247. The molecule has 0 amide bonds. The van der Waals surface area contributed by atoms with E-state index >= 15 is 0 Å². The van der Waals surface area contributed by atoms with Crippen LogP contribution in [0.4, 0.5) is 0 Å². The predicted molar refractivity (Wildman–Crippen MR) is 80.1 cm³/mol. The summed E-state index contributed by atoms with van der Waals surface area (Å²) in [7, 11) is -3.26. The number of benzene rings is 1. The number of halogens is 1. The summed E-state index contributed by atoms with van der Waals surface area (Å²) in [6.45, 7) is 2.46. The Bertz CT molecular complexity index is 530. The number of hydrogen-bond donors (Lipinski definition) is 1. The van der Waals surface area contributed by atoms with E-state index in [0.29, 0.717) is 6.54 Å². The molecule has 1 saturated heterocycles. The zero-order valence-corrected chi connectivity index (χ0v) is 13.3. The van der Waals surface area contributed by atoms with E-state index in [-0.39, 0.29) is 17.8 Å². The molecule has 0 spiro atoms. The van der Waals surface area contributed by atoms with E-state index in [9.17, 15) is 8.42 Å². The van der Waals surface area contributed by atoms with Gasteiger partial charge in [0.25, 0.3) is 0 Å². The zero-order valence-electron chi connectivity index (χ0n) is 10.9. The molecule has 106 valence electrons. The molecule has 2 N–H and O–H groups in total. The number of hydrogen-bond acceptors (Lipinski definition) is 3. The predicted octanol–water partition coefficient (Wildman–Crippen LogP) is 2.09. The molecule has 0 aromatic heterocycles. The fourth-order valence-corrected chi connectivity index (χ4v) is 4.54. The maximum atomic E-state index is 12.4. The number of nitrogens with zero attached hydrogens (tertiary/aromatic N) is 1. The van der Waals surface area contributed by atoms with E-state index in [1.54, 1.807) is 4.31 Å². The summed E-state index contributed by atoms with van der Waals surface area (Å²) in [5.41, 5.74) is 6.68. The van der Waals surface area contributed by atoms with Crippen LogP contribution in [0.2, 0.25) is 0 Å². The monoisotopic (exact) mass is 346 g/mol. The molecule has 4 nitrogen and oxygen atoms in total. The Kier molecular flexibility index (Phi) is 4.66. The van der Waals surface area contributed by atoms with E-state index in [0.717, 1.165) is 22.9 Å². The summed E-state index contributed by atoms with van der Waals surface area (Å²) in [5, 5.41) is 0. The van der Waals surface area contributed by atoms with E-state index in [2.05, 4.69) is 15.9 Å². The average Bonchev–Trinajstić information content (AvgIpc) is 2.31. The maximum absolute atomic E-state index is 12.4. The second-order valence-corrected chi connectivity index (χ2v) is 7.96. The number of rotatable bonds is 3. The van der Waals surface area contributed by atoms with Gasteiger partial charge >= 0.3 is 0 Å². The fraction of sp³-hybridized carbons (Fsp3) is 0.538. The van der Waals surface area contributed by atoms with Gasteiger partial charge in [-0.3, -0.25) is 0 Å². The van der Waals surface area contributed by atoms with Crippen molar-refractivity contribution in [2.75, 3.05) is 6.54 Å². The van der Waals surface area contributed by atoms with Gasteiger partial charge in [-0.2, -0.15) is 4.31 Å². The summed E-state index contributed by atoms with van der Waals surface area (Å²) in [5.74, 6) is 0.0554. The third-order valence-corrected chi connectivity index (χ3v) is 5.96. The zero-order chi connectivity index (χ0) is 14.0. The van der Waals surface area contributed by atoms with E-state index in [1.807, 2.05) is 31.2 Å². The van der Waals surface area contributed by atoms with Crippen LogP contribution >= 0.6 is 15.9 Å². The molecule has 1 heterocycles. The molecule has 19 heavy (non-hydrogen) atoms. The van der Waals surface area contributed by atoms with Crippen molar-refractivity contribution in [3.8, 4) is 0 Å². The largest absolute Gasteiger partial charge is 0.328 e. The van der Waals surface area contributed by atoms with Crippen molar-refractivity contribution >= 4 is 26.0 Å². The lowest BCUT2D eigenvalue weighted by atomic mass is 10.0. The van der Waals surface area contributed by atoms with Crippen molar-refractivity contribution in [1.29, 1.82) is 0 Å². The van der Waals surface area contributed by atoms with Gasteiger partial charge in [-0.25, -0.2) is 8.42 Å². The Balaban J connectivity index is 2.12. The summed E-state index contributed by atoms with van der Waals surface area (Å²) >= 11 is 3.34. The molecule has 0 saturated carbocycles. The first-order valence-corrected chi connectivity index (χ1v) is 8.78. The fourth-order valence-electron chi connectivity index (χ4n) is 2.47. The topological polar surface area (TPSA) is 63.4 Å². The standard InChI is InChI=1S/C13H19BrN2O2S/c1-10-8-13(15)6-7-16(10)19(17,18)9-11-2-4-12(14)5-3-11/h2-5,10,13H,6-9,15H2,1H3/t10-,13-/m1/s1. The van der Waals surface area contributed by atoms with Crippen LogP contribution in [0.5, 0.6) is 0 Å². The van der Waals surface area contributed by atoms with Gasteiger partial charge in [0.1, 0.15) is 0 Å². The molecule has 1 fully saturated rings. The first-order valence-electron chi connectivity index (χ1n) is 6.38. The van der Waals surface area contributed by atoms with E-state index in [1.165, 1.54) is 0 Å². The second-order valence-electron chi connectivity index (χ2n) is 5.13. The average molecular weight is 347 g/mol. The molecule has 1 aliphatic rings. The first-order chi connectivity index (χ1) is 8.88. The van der Waals surface area contributed by atoms with E-state index in [4.69, 9.17) is 5.73 Å². The van der Waals surface area contributed by atoms with Gasteiger partial charge in [-0.05, 0) is 37.5 Å². The van der Waals surface area contributed by atoms with Gasteiger partial charge in [0.2, 0.25) is 10.0 Å². The van der Waals surface area contributed by atoms with Gasteiger partial charge in [0.05, 0.1) is 5.75 Å². The van der Waals surface area contributed by atoms with Crippen LogP contribution in [0, 0.1) is 0 Å². The van der Waals surface area contributed by atoms with Gasteiger partial charge in [-0.1, -0.05) is 28.1 Å². The first kappa shape index (κ1) is 15.0. The molecule has 2 rings (SSSR count). The molecule has 0 aliphatic carbocycles. The van der Waals surface area contributed by atoms with Gasteiger partial charge < -0.3 is 5.73 Å². The van der Waals surface area contributed by atoms with Crippen LogP contribution in [-0.2, 0) is 15.8 Å². The van der Waals surface area contributed by atoms with Crippen LogP contribution < -0.4 is 5.73 Å². The SMILES string of the molecule is C[C@@H]1C[C@H](N)CCN1S(=O)(=O)Cc1ccc(Br)cc1. The molecule has 0 radical (unpaired) electrons. The second kappa shape index (κ2) is 5.91. The Labute approximate surface area is 123 Å². The van der Waals surface area contributed by atoms with Crippen LogP contribution in [0.25, 0.3) is 0 Å². The highest BCUT2D eigenvalue weighted by molar-refractivity contribution is 9.10. The lowest BCUT2D eigenvalue weighted by Gasteiger charge is -2.35. The molecule has 2 atom stereocenters. The number of piperidine rings is 1.